The number of β-amino-alcohol motifs (C(OH)–C–C–N with tert-alkyl or cyclic N) is 1. The predicted octanol–water partition coefficient (Wildman–Crippen LogP) is 4.05. The van der Waals surface area contributed by atoms with Gasteiger partial charge in [-0.15, -0.1) is 12.4 Å². The number of benzene rings is 1. The number of nitrogens with zero attached hydrogens (tertiary/aromatic N) is 9. The molecule has 15 heteroatoms. The lowest BCUT2D eigenvalue weighted by Gasteiger charge is -2.40. The Morgan fingerprint density at radius 2 is 1.81 bits per heavy atom. The maximum absolute atomic E-state index is 13.6. The molecule has 0 saturated carbocycles. The summed E-state index contributed by atoms with van der Waals surface area (Å²) in [4.78, 5) is 37.8. The van der Waals surface area contributed by atoms with E-state index in [4.69, 9.17) is 9.97 Å². The molecule has 0 bridgehead atoms. The van der Waals surface area contributed by atoms with E-state index < -0.39 is 6.10 Å². The lowest BCUT2D eigenvalue weighted by Crippen LogP contribution is -2.61. The molecule has 4 aromatic heterocycles. The number of aromatic nitrogens is 5. The first kappa shape index (κ1) is 33.2. The van der Waals surface area contributed by atoms with Crippen LogP contribution in [0.25, 0.3) is 28.0 Å². The molecule has 1 aromatic carbocycles. The van der Waals surface area contributed by atoms with Crippen LogP contribution in [0.15, 0.2) is 55.0 Å². The van der Waals surface area contributed by atoms with Gasteiger partial charge in [0.2, 0.25) is 11.9 Å². The molecule has 48 heavy (non-hydrogen) atoms. The van der Waals surface area contributed by atoms with E-state index in [9.17, 15) is 19.6 Å². The topological polar surface area (TPSA) is 139 Å². The minimum Gasteiger partial charge on any atom is -0.392 e. The lowest BCUT2D eigenvalue weighted by molar-refractivity contribution is -0.126. The van der Waals surface area contributed by atoms with E-state index >= 15 is 0 Å². The van der Waals surface area contributed by atoms with Gasteiger partial charge in [0.1, 0.15) is 33.9 Å². The molecule has 2 N–H and O–H groups in total. The molecule has 0 aliphatic carbocycles. The Morgan fingerprint density at radius 3 is 2.46 bits per heavy atom. The summed E-state index contributed by atoms with van der Waals surface area (Å²) in [6.07, 6.45) is 6.26. The van der Waals surface area contributed by atoms with Gasteiger partial charge >= 0.3 is 0 Å². The fraction of sp³-hybridized carbons (Fsp3) is 0.333. The van der Waals surface area contributed by atoms with Gasteiger partial charge in [0, 0.05) is 62.0 Å². The highest BCUT2D eigenvalue weighted by Gasteiger charge is 2.37. The average molecular weight is 689 g/mol. The van der Waals surface area contributed by atoms with Gasteiger partial charge in [0.05, 0.1) is 23.9 Å². The summed E-state index contributed by atoms with van der Waals surface area (Å²) in [7, 11) is 3.76. The minimum atomic E-state index is -0.464. The Labute approximate surface area is 286 Å². The van der Waals surface area contributed by atoms with E-state index in [1.54, 1.807) is 24.5 Å². The number of imidazole rings is 1. The first-order valence-electron chi connectivity index (χ1n) is 15.4. The molecule has 12 nitrogen and oxygen atoms in total. The summed E-state index contributed by atoms with van der Waals surface area (Å²) in [6, 6.07) is 11.9. The van der Waals surface area contributed by atoms with Crippen molar-refractivity contribution in [3.8, 4) is 28.5 Å². The number of hydrogen-bond donors (Lipinski definition) is 2. The first-order valence-corrected chi connectivity index (χ1v) is 16.2. The number of carbonyl (C=O) groups is 1. The number of hydrogen-bond acceptors (Lipinski definition) is 11. The zero-order valence-corrected chi connectivity index (χ0v) is 28.2. The second-order valence-electron chi connectivity index (χ2n) is 12.0. The van der Waals surface area contributed by atoms with E-state index in [0.717, 1.165) is 28.3 Å². The summed E-state index contributed by atoms with van der Waals surface area (Å²) in [5, 5.41) is 23.4. The molecule has 0 unspecified atom stereocenters. The van der Waals surface area contributed by atoms with Crippen LogP contribution in [0.5, 0.6) is 0 Å². The lowest BCUT2D eigenvalue weighted by atomic mass is 10.1. The summed E-state index contributed by atoms with van der Waals surface area (Å²) < 4.78 is 15.6. The van der Waals surface area contributed by atoms with Crippen LogP contribution >= 0.6 is 23.7 Å². The molecule has 0 radical (unpaired) electrons. The number of nitrogens with one attached hydrogen (secondary N) is 1. The fourth-order valence-corrected chi connectivity index (χ4v) is 7.06. The molecule has 2 fully saturated rings. The maximum atomic E-state index is 13.6. The van der Waals surface area contributed by atoms with Crippen molar-refractivity contribution in [1.82, 2.24) is 34.6 Å². The highest BCUT2D eigenvalue weighted by Crippen LogP contribution is 2.37. The van der Waals surface area contributed by atoms with Gasteiger partial charge in [-0.05, 0) is 56.3 Å². The van der Waals surface area contributed by atoms with E-state index in [-0.39, 0.29) is 36.2 Å². The van der Waals surface area contributed by atoms with E-state index in [0.29, 0.717) is 59.7 Å². The van der Waals surface area contributed by atoms with Crippen LogP contribution in [-0.4, -0.2) is 92.2 Å². The molecule has 0 spiro atoms. The number of carbonyl (C=O) groups excluding carboxylic acids is 1. The van der Waals surface area contributed by atoms with Crippen molar-refractivity contribution in [3.05, 3.63) is 71.4 Å². The van der Waals surface area contributed by atoms with Gasteiger partial charge in [-0.2, -0.15) is 5.26 Å². The van der Waals surface area contributed by atoms with Crippen LogP contribution in [0.1, 0.15) is 23.9 Å². The second-order valence-corrected chi connectivity index (χ2v) is 12.9. The Hall–Kier alpha value is -4.68. The Bertz CT molecular complexity index is 1990. The Balaban J connectivity index is 0.00000401. The van der Waals surface area contributed by atoms with Crippen molar-refractivity contribution < 1.29 is 14.3 Å². The summed E-state index contributed by atoms with van der Waals surface area (Å²) in [5.74, 6) is 1.03. The molecular formula is C33H34ClFN10O2S. The zero-order chi connectivity index (χ0) is 32.8. The fourth-order valence-electron chi connectivity index (χ4n) is 6.21. The summed E-state index contributed by atoms with van der Waals surface area (Å²) >= 11 is 1.27. The van der Waals surface area contributed by atoms with Crippen molar-refractivity contribution in [2.45, 2.75) is 38.0 Å². The van der Waals surface area contributed by atoms with Crippen LogP contribution in [-0.2, 0) is 11.2 Å². The third-order valence-corrected chi connectivity index (χ3v) is 9.78. The SMILES string of the molecule is CCc1nc2ccc(-c3cnc(N4CC(NC(=O)[C@@H]5C[C@@H](O)CN5C)C4)nc3)cn2c1N(C)c1nc(-c2ccc(F)cc2)c(C#N)s1.Cl. The van der Waals surface area contributed by atoms with Gasteiger partial charge in [0.25, 0.3) is 0 Å². The summed E-state index contributed by atoms with van der Waals surface area (Å²) in [6.45, 7) is 3.79. The van der Waals surface area contributed by atoms with Crippen molar-refractivity contribution in [1.29, 1.82) is 5.26 Å². The van der Waals surface area contributed by atoms with Crippen molar-refractivity contribution in [2.24, 2.45) is 0 Å². The molecule has 2 aliphatic rings. The number of rotatable bonds is 8. The van der Waals surface area contributed by atoms with Crippen LogP contribution in [0.4, 0.5) is 21.3 Å². The highest BCUT2D eigenvalue weighted by atomic mass is 35.5. The molecule has 2 aliphatic heterocycles. The van der Waals surface area contributed by atoms with Gasteiger partial charge in [-0.1, -0.05) is 18.3 Å². The van der Waals surface area contributed by atoms with Crippen LogP contribution in [0, 0.1) is 17.1 Å². The zero-order valence-electron chi connectivity index (χ0n) is 26.5. The number of aliphatic hydroxyl groups is 1. The number of aliphatic hydroxyl groups excluding tert-OH is 1. The molecule has 6 heterocycles. The smallest absolute Gasteiger partial charge is 0.237 e. The predicted molar refractivity (Wildman–Crippen MR) is 184 cm³/mol. The van der Waals surface area contributed by atoms with Crippen LogP contribution in [0.2, 0.25) is 0 Å². The Kier molecular flexibility index (Phi) is 9.30. The minimum absolute atomic E-state index is 0. The third-order valence-electron chi connectivity index (χ3n) is 8.75. The number of pyridine rings is 1. The molecule has 7 rings (SSSR count). The van der Waals surface area contributed by atoms with Crippen molar-refractivity contribution >= 4 is 52.2 Å². The van der Waals surface area contributed by atoms with E-state index in [1.165, 1.54) is 23.5 Å². The van der Waals surface area contributed by atoms with E-state index in [1.807, 2.05) is 58.4 Å². The molecule has 5 aromatic rings. The Morgan fingerprint density at radius 1 is 1.10 bits per heavy atom. The summed E-state index contributed by atoms with van der Waals surface area (Å²) in [5.41, 5.74) is 4.58. The monoisotopic (exact) mass is 688 g/mol. The standard InChI is InChI=1S/C33H33FN10O2S.ClH/c1-4-25-31(42(3)33-40-29(27(12-35)47-33)19-5-8-22(34)9-6-19)44-15-20(7-10-28(44)39-25)21-13-36-32(37-14-21)43-16-23(17-43)38-30(46)26-11-24(45)18-41(26)2;/h5-10,13-15,23-24,26,45H,4,11,16-18H2,1-3H3,(H,38,46);1H/t24-,26+;/m1./s1. The number of nitriles is 1. The molecular weight excluding hydrogens is 655 g/mol. The van der Waals surface area contributed by atoms with Crippen molar-refractivity contribution in [2.75, 3.05) is 43.5 Å². The number of aryl methyl sites for hydroxylation is 1. The third kappa shape index (κ3) is 6.17. The van der Waals surface area contributed by atoms with Gasteiger partial charge in [-0.3, -0.25) is 14.1 Å². The largest absolute Gasteiger partial charge is 0.392 e. The number of thiazole rings is 1. The van der Waals surface area contributed by atoms with Crippen LogP contribution in [0.3, 0.4) is 0 Å². The molecule has 2 atom stereocenters. The van der Waals surface area contributed by atoms with Gasteiger partial charge in [0.15, 0.2) is 5.13 Å². The first-order chi connectivity index (χ1) is 22.7. The molecule has 248 valence electrons. The number of anilines is 3. The average Bonchev–Trinajstić information content (AvgIpc) is 3.76. The highest BCUT2D eigenvalue weighted by molar-refractivity contribution is 7.16. The number of halogens is 2. The van der Waals surface area contributed by atoms with E-state index in [2.05, 4.69) is 21.4 Å². The maximum Gasteiger partial charge on any atom is 0.237 e. The molecule has 1 amide bonds. The number of likely N-dealkylation sites (N-methyl/N-ethyl adjacent to an activating group) is 1. The number of likely N-dealkylation sites (tertiary alicyclic amines) is 1. The quantitative estimate of drug-likeness (QED) is 0.246. The van der Waals surface area contributed by atoms with Crippen LogP contribution < -0.4 is 15.1 Å². The van der Waals surface area contributed by atoms with Crippen molar-refractivity contribution in [3.63, 3.8) is 0 Å². The van der Waals surface area contributed by atoms with Gasteiger partial charge in [-0.25, -0.2) is 24.3 Å². The normalized spacial score (nSPS) is 18.0. The number of fused-ring (bicyclic) bond motifs is 1. The van der Waals surface area contributed by atoms with Gasteiger partial charge < -0.3 is 20.2 Å². The second kappa shape index (κ2) is 13.4. The molecule has 2 saturated heterocycles. The number of amides is 1.